The second kappa shape index (κ2) is 8.54. The number of rotatable bonds is 7. The van der Waals surface area contributed by atoms with Crippen LogP contribution in [0.3, 0.4) is 0 Å². The lowest BCUT2D eigenvalue weighted by molar-refractivity contribution is 0.0958. The van der Waals surface area contributed by atoms with Crippen molar-refractivity contribution in [3.05, 3.63) is 22.4 Å². The maximum atomic E-state index is 13.5. The summed E-state index contributed by atoms with van der Waals surface area (Å²) in [5.74, 6) is 0.272. The number of aromatic nitrogens is 4. The Morgan fingerprint density at radius 2 is 2.08 bits per heavy atom. The summed E-state index contributed by atoms with van der Waals surface area (Å²) in [7, 11) is -3.95. The maximum absolute atomic E-state index is 13.5. The van der Waals surface area contributed by atoms with E-state index in [9.17, 15) is 22.5 Å². The van der Waals surface area contributed by atoms with Gasteiger partial charge in [-0.3, -0.25) is 4.40 Å². The molecule has 3 fully saturated rings. The van der Waals surface area contributed by atoms with Crippen LogP contribution in [-0.2, 0) is 15.4 Å². The minimum Gasteiger partial charge on any atom is -0.367 e. The standard InChI is InChI=1S/C22H23ClF2N8O2S2/c1-21(2-3-21)31-37(34,35)12-8-14(32-7-6-27-13(10-32)17(24)25)15-16(23)28-18(33(15)9-12)19-29-30-20(36-19)22(11-26)4-5-22/h8-9,13,17,27,31H,2-7,10H2,1H3/t13-/m1/s1. The lowest BCUT2D eigenvalue weighted by Crippen LogP contribution is -2.54. The number of sulfonamides is 1. The van der Waals surface area contributed by atoms with E-state index < -0.39 is 33.4 Å². The molecule has 0 aromatic carbocycles. The molecule has 1 saturated heterocycles. The van der Waals surface area contributed by atoms with Gasteiger partial charge < -0.3 is 10.2 Å². The molecule has 196 valence electrons. The second-order valence-electron chi connectivity index (χ2n) is 10.1. The summed E-state index contributed by atoms with van der Waals surface area (Å²) in [5.41, 5.74) is -0.369. The van der Waals surface area contributed by atoms with Gasteiger partial charge in [-0.1, -0.05) is 22.9 Å². The molecule has 0 unspecified atom stereocenters. The molecule has 1 atom stereocenters. The molecule has 15 heteroatoms. The van der Waals surface area contributed by atoms with E-state index >= 15 is 0 Å². The molecular weight excluding hydrogens is 546 g/mol. The molecule has 6 rings (SSSR count). The molecule has 0 amide bonds. The fraction of sp³-hybridized carbons (Fsp3) is 0.545. The van der Waals surface area contributed by atoms with Crippen molar-refractivity contribution in [2.45, 2.75) is 60.9 Å². The number of piperazine rings is 1. The molecule has 3 aliphatic rings. The average molecular weight is 569 g/mol. The van der Waals surface area contributed by atoms with Gasteiger partial charge in [0.2, 0.25) is 10.0 Å². The first-order valence-corrected chi connectivity index (χ1v) is 14.5. The van der Waals surface area contributed by atoms with Gasteiger partial charge in [0.15, 0.2) is 16.0 Å². The van der Waals surface area contributed by atoms with Crippen LogP contribution in [0, 0.1) is 11.3 Å². The van der Waals surface area contributed by atoms with Crippen molar-refractivity contribution < 1.29 is 17.2 Å². The normalized spacial score (nSPS) is 22.4. The molecule has 37 heavy (non-hydrogen) atoms. The molecule has 3 aromatic heterocycles. The third-order valence-corrected chi connectivity index (χ3v) is 10.2. The Morgan fingerprint density at radius 3 is 2.73 bits per heavy atom. The predicted octanol–water partition coefficient (Wildman–Crippen LogP) is 2.94. The number of nitrogens with zero attached hydrogens (tertiary/aromatic N) is 6. The van der Waals surface area contributed by atoms with Crippen LogP contribution in [0.2, 0.25) is 5.15 Å². The zero-order valence-electron chi connectivity index (χ0n) is 19.7. The molecule has 3 aromatic rings. The van der Waals surface area contributed by atoms with Gasteiger partial charge >= 0.3 is 0 Å². The van der Waals surface area contributed by atoms with Crippen LogP contribution in [0.25, 0.3) is 16.3 Å². The number of imidazole rings is 1. The van der Waals surface area contributed by atoms with E-state index in [2.05, 4.69) is 31.3 Å². The van der Waals surface area contributed by atoms with Crippen molar-refractivity contribution in [1.82, 2.24) is 29.6 Å². The number of anilines is 1. The predicted molar refractivity (Wildman–Crippen MR) is 134 cm³/mol. The first-order valence-electron chi connectivity index (χ1n) is 11.8. The van der Waals surface area contributed by atoms with E-state index in [1.807, 2.05) is 6.92 Å². The van der Waals surface area contributed by atoms with Gasteiger partial charge in [-0.25, -0.2) is 26.9 Å². The molecular formula is C22H23ClF2N8O2S2. The maximum Gasteiger partial charge on any atom is 0.255 e. The summed E-state index contributed by atoms with van der Waals surface area (Å²) in [5, 5.41) is 21.8. The van der Waals surface area contributed by atoms with Crippen LogP contribution >= 0.6 is 22.9 Å². The van der Waals surface area contributed by atoms with E-state index in [1.165, 1.54) is 28.0 Å². The first-order chi connectivity index (χ1) is 17.5. The van der Waals surface area contributed by atoms with Gasteiger partial charge in [0.1, 0.15) is 20.8 Å². The van der Waals surface area contributed by atoms with Crippen LogP contribution in [-0.4, -0.2) is 65.6 Å². The Bertz CT molecular complexity index is 1540. The van der Waals surface area contributed by atoms with E-state index in [0.717, 1.165) is 12.8 Å². The highest BCUT2D eigenvalue weighted by atomic mass is 35.5. The lowest BCUT2D eigenvalue weighted by Gasteiger charge is -2.35. The Labute approximate surface area is 220 Å². The average Bonchev–Trinajstić information content (AvgIpc) is 3.73. The summed E-state index contributed by atoms with van der Waals surface area (Å²) >= 11 is 7.80. The Hall–Kier alpha value is -2.44. The zero-order chi connectivity index (χ0) is 26.2. The number of pyridine rings is 1. The fourth-order valence-electron chi connectivity index (χ4n) is 4.51. The van der Waals surface area contributed by atoms with E-state index in [1.54, 1.807) is 4.90 Å². The number of halogens is 3. The monoisotopic (exact) mass is 568 g/mol. The minimum absolute atomic E-state index is 0.0353. The van der Waals surface area contributed by atoms with Crippen molar-refractivity contribution in [2.24, 2.45) is 0 Å². The van der Waals surface area contributed by atoms with Gasteiger partial charge in [-0.15, -0.1) is 10.2 Å². The number of hydrogen-bond donors (Lipinski definition) is 2. The quantitative estimate of drug-likeness (QED) is 0.445. The first kappa shape index (κ1) is 24.9. The molecule has 0 spiro atoms. The Kier molecular flexibility index (Phi) is 5.74. The smallest absolute Gasteiger partial charge is 0.255 e. The van der Waals surface area contributed by atoms with Crippen molar-refractivity contribution in [1.29, 1.82) is 5.26 Å². The zero-order valence-corrected chi connectivity index (χ0v) is 22.1. The summed E-state index contributed by atoms with van der Waals surface area (Å²) in [6.45, 7) is 2.46. The Morgan fingerprint density at radius 1 is 1.32 bits per heavy atom. The molecule has 2 N–H and O–H groups in total. The Balaban J connectivity index is 1.51. The van der Waals surface area contributed by atoms with E-state index in [0.29, 0.717) is 47.2 Å². The van der Waals surface area contributed by atoms with Crippen LogP contribution in [0.5, 0.6) is 0 Å². The minimum atomic E-state index is -3.95. The van der Waals surface area contributed by atoms with Crippen molar-refractivity contribution in [3.8, 4) is 16.9 Å². The van der Waals surface area contributed by atoms with Gasteiger partial charge in [0.25, 0.3) is 6.43 Å². The van der Waals surface area contributed by atoms with Crippen molar-refractivity contribution in [3.63, 3.8) is 0 Å². The van der Waals surface area contributed by atoms with Gasteiger partial charge in [0, 0.05) is 31.4 Å². The largest absolute Gasteiger partial charge is 0.367 e. The van der Waals surface area contributed by atoms with Crippen molar-refractivity contribution in [2.75, 3.05) is 24.5 Å². The molecule has 10 nitrogen and oxygen atoms in total. The SMILES string of the molecule is CC1(NS(=O)(=O)c2cc(N3CCN[C@@H](C(F)F)C3)c3c(Cl)nc(-c4nnc(C5(C#N)CC5)s4)n3c2)CC1. The lowest BCUT2D eigenvalue weighted by atomic mass is 10.1. The van der Waals surface area contributed by atoms with Gasteiger partial charge in [-0.05, 0) is 38.7 Å². The van der Waals surface area contributed by atoms with E-state index in [-0.39, 0.29) is 22.4 Å². The number of fused-ring (bicyclic) bond motifs is 1. The molecule has 4 heterocycles. The van der Waals surface area contributed by atoms with Gasteiger partial charge in [0.05, 0.1) is 17.8 Å². The summed E-state index contributed by atoms with van der Waals surface area (Å²) < 4.78 is 58.1. The summed E-state index contributed by atoms with van der Waals surface area (Å²) in [6, 6.07) is 2.68. The highest BCUT2D eigenvalue weighted by Gasteiger charge is 2.48. The molecule has 1 aliphatic heterocycles. The molecule has 0 bridgehead atoms. The van der Waals surface area contributed by atoms with Crippen LogP contribution in [0.15, 0.2) is 17.2 Å². The van der Waals surface area contributed by atoms with Crippen LogP contribution < -0.4 is 14.9 Å². The number of hydrogen-bond acceptors (Lipinski definition) is 9. The number of nitrogens with one attached hydrogen (secondary N) is 2. The highest BCUT2D eigenvalue weighted by Crippen LogP contribution is 2.49. The number of alkyl halides is 2. The van der Waals surface area contributed by atoms with E-state index in [4.69, 9.17) is 11.6 Å². The van der Waals surface area contributed by atoms with Crippen LogP contribution in [0.1, 0.15) is 37.6 Å². The third-order valence-electron chi connectivity index (χ3n) is 7.18. The molecule has 2 saturated carbocycles. The molecule has 0 radical (unpaired) electrons. The van der Waals surface area contributed by atoms with Gasteiger partial charge in [-0.2, -0.15) is 5.26 Å². The fourth-order valence-corrected chi connectivity index (χ4v) is 7.29. The van der Waals surface area contributed by atoms with Crippen LogP contribution in [0.4, 0.5) is 14.5 Å². The topological polar surface area (TPSA) is 128 Å². The number of nitriles is 1. The summed E-state index contributed by atoms with van der Waals surface area (Å²) in [6.07, 6.45) is 1.69. The summed E-state index contributed by atoms with van der Waals surface area (Å²) in [4.78, 5) is 6.14. The third kappa shape index (κ3) is 4.36. The second-order valence-corrected chi connectivity index (χ2v) is 13.1. The molecule has 2 aliphatic carbocycles. The van der Waals surface area contributed by atoms with Crippen molar-refractivity contribution >= 4 is 44.2 Å². The highest BCUT2D eigenvalue weighted by molar-refractivity contribution is 7.89.